The van der Waals surface area contributed by atoms with Gasteiger partial charge in [-0.3, -0.25) is 9.59 Å². The van der Waals surface area contributed by atoms with Crippen LogP contribution in [0.25, 0.3) is 0 Å². The van der Waals surface area contributed by atoms with Gasteiger partial charge < -0.3 is 15.0 Å². The second-order valence-electron chi connectivity index (χ2n) is 6.17. The van der Waals surface area contributed by atoms with Gasteiger partial charge in [0.2, 0.25) is 11.8 Å². The summed E-state index contributed by atoms with van der Waals surface area (Å²) in [5, 5.41) is 3.38. The molecule has 6 nitrogen and oxygen atoms in total. The van der Waals surface area contributed by atoms with Crippen LogP contribution in [-0.2, 0) is 14.3 Å². The topological polar surface area (TPSA) is 75.7 Å². The molecule has 3 rings (SSSR count). The lowest BCUT2D eigenvalue weighted by atomic mass is 10.1. The van der Waals surface area contributed by atoms with Crippen molar-refractivity contribution in [3.8, 4) is 0 Å². The van der Waals surface area contributed by atoms with Crippen molar-refractivity contribution in [2.75, 3.05) is 23.4 Å². The Kier molecular flexibility index (Phi) is 5.76. The normalized spacial score (nSPS) is 16.3. The molecule has 0 bridgehead atoms. The van der Waals surface area contributed by atoms with Crippen molar-refractivity contribution in [3.05, 3.63) is 59.1 Å². The maximum atomic E-state index is 12.5. The Labute approximate surface area is 162 Å². The predicted molar refractivity (Wildman–Crippen MR) is 103 cm³/mol. The number of ether oxygens (including phenoxy) is 1. The monoisotopic (exact) mass is 386 g/mol. The standard InChI is InChI=1S/C20H19ClN2O4/c1-2-27-20(26)13-3-7-16(8-4-13)22-19(25)14-11-18(24)23(12-14)17-9-5-15(21)6-10-17/h3-10,14H,2,11-12H2,1H3,(H,22,25)/t14-/m1/s1. The molecule has 2 aromatic rings. The van der Waals surface area contributed by atoms with Gasteiger partial charge in [-0.25, -0.2) is 4.79 Å². The van der Waals surface area contributed by atoms with E-state index in [1.54, 1.807) is 60.4 Å². The number of anilines is 2. The van der Waals surface area contributed by atoms with Crippen LogP contribution in [0, 0.1) is 5.92 Å². The number of hydrogen-bond donors (Lipinski definition) is 1. The first-order valence-electron chi connectivity index (χ1n) is 8.62. The fourth-order valence-corrected chi connectivity index (χ4v) is 3.03. The molecule has 0 spiro atoms. The van der Waals surface area contributed by atoms with E-state index in [9.17, 15) is 14.4 Å². The molecule has 1 saturated heterocycles. The predicted octanol–water partition coefficient (Wildman–Crippen LogP) is 3.51. The highest BCUT2D eigenvalue weighted by molar-refractivity contribution is 6.30. The summed E-state index contributed by atoms with van der Waals surface area (Å²) in [6, 6.07) is 13.4. The van der Waals surface area contributed by atoms with Crippen LogP contribution in [0.4, 0.5) is 11.4 Å². The number of nitrogens with zero attached hydrogens (tertiary/aromatic N) is 1. The van der Waals surface area contributed by atoms with Crippen LogP contribution in [-0.4, -0.2) is 30.9 Å². The van der Waals surface area contributed by atoms with E-state index in [-0.39, 0.29) is 18.2 Å². The Morgan fingerprint density at radius 2 is 1.81 bits per heavy atom. The van der Waals surface area contributed by atoms with Gasteiger partial charge in [-0.1, -0.05) is 11.6 Å². The molecular weight excluding hydrogens is 368 g/mol. The summed E-state index contributed by atoms with van der Waals surface area (Å²) < 4.78 is 4.93. The maximum Gasteiger partial charge on any atom is 0.338 e. The lowest BCUT2D eigenvalue weighted by Crippen LogP contribution is -2.28. The van der Waals surface area contributed by atoms with Gasteiger partial charge in [-0.15, -0.1) is 0 Å². The first kappa shape index (κ1) is 18.9. The molecule has 140 valence electrons. The molecule has 1 aliphatic rings. The minimum absolute atomic E-state index is 0.102. The summed E-state index contributed by atoms with van der Waals surface area (Å²) in [7, 11) is 0. The molecule has 1 heterocycles. The van der Waals surface area contributed by atoms with E-state index < -0.39 is 11.9 Å². The fourth-order valence-electron chi connectivity index (χ4n) is 2.90. The minimum atomic E-state index is -0.446. The summed E-state index contributed by atoms with van der Waals surface area (Å²) >= 11 is 5.88. The van der Waals surface area contributed by atoms with Crippen LogP contribution in [0.1, 0.15) is 23.7 Å². The first-order chi connectivity index (χ1) is 13.0. The van der Waals surface area contributed by atoms with E-state index in [1.807, 2.05) is 0 Å². The van der Waals surface area contributed by atoms with E-state index in [0.717, 1.165) is 5.69 Å². The van der Waals surface area contributed by atoms with Crippen molar-refractivity contribution < 1.29 is 19.1 Å². The van der Waals surface area contributed by atoms with E-state index in [4.69, 9.17) is 16.3 Å². The Morgan fingerprint density at radius 1 is 1.15 bits per heavy atom. The highest BCUT2D eigenvalue weighted by Gasteiger charge is 2.35. The summed E-state index contributed by atoms with van der Waals surface area (Å²) in [6.07, 6.45) is 0.148. The average molecular weight is 387 g/mol. The number of rotatable bonds is 5. The van der Waals surface area contributed by atoms with Crippen LogP contribution in [0.2, 0.25) is 5.02 Å². The largest absolute Gasteiger partial charge is 0.462 e. The van der Waals surface area contributed by atoms with Crippen LogP contribution < -0.4 is 10.2 Å². The number of halogens is 1. The third-order valence-corrected chi connectivity index (χ3v) is 4.55. The average Bonchev–Trinajstić information content (AvgIpc) is 3.05. The molecule has 2 aromatic carbocycles. The molecule has 1 N–H and O–H groups in total. The molecule has 0 radical (unpaired) electrons. The Hall–Kier alpha value is -2.86. The Morgan fingerprint density at radius 3 is 2.44 bits per heavy atom. The molecule has 1 aliphatic heterocycles. The van der Waals surface area contributed by atoms with Gasteiger partial charge in [0.25, 0.3) is 0 Å². The number of carbonyl (C=O) groups is 3. The minimum Gasteiger partial charge on any atom is -0.462 e. The van der Waals surface area contributed by atoms with Gasteiger partial charge in [-0.2, -0.15) is 0 Å². The van der Waals surface area contributed by atoms with Crippen LogP contribution in [0.5, 0.6) is 0 Å². The third kappa shape index (κ3) is 4.46. The summed E-state index contributed by atoms with van der Waals surface area (Å²) in [5.41, 5.74) is 1.70. The zero-order chi connectivity index (χ0) is 19.4. The van der Waals surface area contributed by atoms with Gasteiger partial charge in [0.15, 0.2) is 0 Å². The van der Waals surface area contributed by atoms with Gasteiger partial charge >= 0.3 is 5.97 Å². The number of hydrogen-bond acceptors (Lipinski definition) is 4. The molecule has 1 atom stereocenters. The van der Waals surface area contributed by atoms with Crippen molar-refractivity contribution in [2.24, 2.45) is 5.92 Å². The van der Waals surface area contributed by atoms with Crippen molar-refractivity contribution in [3.63, 3.8) is 0 Å². The van der Waals surface area contributed by atoms with Crippen LogP contribution in [0.3, 0.4) is 0 Å². The van der Waals surface area contributed by atoms with E-state index in [1.165, 1.54) is 0 Å². The lowest BCUT2D eigenvalue weighted by Gasteiger charge is -2.16. The number of benzene rings is 2. The zero-order valence-electron chi connectivity index (χ0n) is 14.8. The molecule has 1 fully saturated rings. The lowest BCUT2D eigenvalue weighted by molar-refractivity contribution is -0.122. The summed E-state index contributed by atoms with van der Waals surface area (Å²) in [4.78, 5) is 38.0. The van der Waals surface area contributed by atoms with E-state index in [2.05, 4.69) is 5.32 Å². The highest BCUT2D eigenvalue weighted by Crippen LogP contribution is 2.27. The molecule has 0 aliphatic carbocycles. The number of amides is 2. The SMILES string of the molecule is CCOC(=O)c1ccc(NC(=O)[C@@H]2CC(=O)N(c3ccc(Cl)cc3)C2)cc1. The van der Waals surface area contributed by atoms with Crippen molar-refractivity contribution in [1.29, 1.82) is 0 Å². The van der Waals surface area contributed by atoms with Gasteiger partial charge in [-0.05, 0) is 55.5 Å². The second kappa shape index (κ2) is 8.22. The molecular formula is C20H19ClN2O4. The first-order valence-corrected chi connectivity index (χ1v) is 8.99. The van der Waals surface area contributed by atoms with E-state index in [0.29, 0.717) is 29.4 Å². The zero-order valence-corrected chi connectivity index (χ0v) is 15.5. The van der Waals surface area contributed by atoms with Gasteiger partial charge in [0.05, 0.1) is 18.1 Å². The Bertz CT molecular complexity index is 849. The van der Waals surface area contributed by atoms with Crippen LogP contribution in [0.15, 0.2) is 48.5 Å². The summed E-state index contributed by atoms with van der Waals surface area (Å²) in [5.74, 6) is -1.19. The van der Waals surface area contributed by atoms with Crippen LogP contribution >= 0.6 is 11.6 Å². The van der Waals surface area contributed by atoms with Crippen molar-refractivity contribution >= 4 is 40.8 Å². The number of esters is 1. The fraction of sp³-hybridized carbons (Fsp3) is 0.250. The van der Waals surface area contributed by atoms with Gasteiger partial charge in [0, 0.05) is 29.4 Å². The smallest absolute Gasteiger partial charge is 0.338 e. The van der Waals surface area contributed by atoms with Crippen molar-refractivity contribution in [1.82, 2.24) is 0 Å². The van der Waals surface area contributed by atoms with E-state index >= 15 is 0 Å². The molecule has 0 unspecified atom stereocenters. The second-order valence-corrected chi connectivity index (χ2v) is 6.61. The van der Waals surface area contributed by atoms with Gasteiger partial charge in [0.1, 0.15) is 0 Å². The molecule has 2 amide bonds. The molecule has 7 heteroatoms. The highest BCUT2D eigenvalue weighted by atomic mass is 35.5. The Balaban J connectivity index is 1.62. The molecule has 0 aromatic heterocycles. The number of nitrogens with one attached hydrogen (secondary N) is 1. The van der Waals surface area contributed by atoms with Crippen molar-refractivity contribution in [2.45, 2.75) is 13.3 Å². The molecule has 27 heavy (non-hydrogen) atoms. The number of carbonyl (C=O) groups excluding carboxylic acids is 3. The summed E-state index contributed by atoms with van der Waals surface area (Å²) in [6.45, 7) is 2.35. The third-order valence-electron chi connectivity index (χ3n) is 4.30. The quantitative estimate of drug-likeness (QED) is 0.798. The molecule has 0 saturated carbocycles. The maximum absolute atomic E-state index is 12.5.